The Bertz CT molecular complexity index is 724. The van der Waals surface area contributed by atoms with E-state index >= 15 is 0 Å². The fourth-order valence-electron chi connectivity index (χ4n) is 2.48. The SMILES string of the molecule is O=C(N=C1CC1)c1cc2c(s1)-c1ccccc1NCC2. The van der Waals surface area contributed by atoms with Crippen molar-refractivity contribution in [2.45, 2.75) is 19.3 Å². The number of thiophene rings is 1. The van der Waals surface area contributed by atoms with Gasteiger partial charge in [0.15, 0.2) is 0 Å². The second kappa shape index (κ2) is 4.56. The highest BCUT2D eigenvalue weighted by Crippen LogP contribution is 2.39. The van der Waals surface area contributed by atoms with Crippen LogP contribution in [0.25, 0.3) is 10.4 Å². The summed E-state index contributed by atoms with van der Waals surface area (Å²) in [5, 5.41) is 3.44. The summed E-state index contributed by atoms with van der Waals surface area (Å²) in [7, 11) is 0. The summed E-state index contributed by atoms with van der Waals surface area (Å²) in [5.74, 6) is -0.0685. The zero-order valence-corrected chi connectivity index (χ0v) is 11.8. The number of aliphatic imine (C=N–C) groups is 1. The summed E-state index contributed by atoms with van der Waals surface area (Å²) in [4.78, 5) is 18.3. The number of hydrogen-bond acceptors (Lipinski definition) is 3. The van der Waals surface area contributed by atoms with Crippen LogP contribution in [0.1, 0.15) is 28.1 Å². The number of benzene rings is 1. The molecule has 1 aromatic carbocycles. The number of carbonyl (C=O) groups is 1. The molecule has 0 radical (unpaired) electrons. The Balaban J connectivity index is 1.79. The van der Waals surface area contributed by atoms with Crippen LogP contribution in [0.5, 0.6) is 0 Å². The number of nitrogens with one attached hydrogen (secondary N) is 1. The van der Waals surface area contributed by atoms with Crippen LogP contribution in [0.4, 0.5) is 5.69 Å². The van der Waals surface area contributed by atoms with E-state index in [0.29, 0.717) is 0 Å². The number of rotatable bonds is 1. The van der Waals surface area contributed by atoms with Crippen molar-refractivity contribution in [2.24, 2.45) is 4.99 Å². The summed E-state index contributed by atoms with van der Waals surface area (Å²) in [5.41, 5.74) is 4.65. The van der Waals surface area contributed by atoms with Gasteiger partial charge in [0, 0.05) is 28.4 Å². The maximum atomic E-state index is 12.1. The van der Waals surface area contributed by atoms with Crippen molar-refractivity contribution >= 4 is 28.6 Å². The third kappa shape index (κ3) is 2.06. The molecular formula is C16H14N2OS. The lowest BCUT2D eigenvalue weighted by molar-refractivity contribution is 0.101. The lowest BCUT2D eigenvalue weighted by Crippen LogP contribution is -2.02. The molecule has 0 unspecified atom stereocenters. The minimum absolute atomic E-state index is 0.0685. The van der Waals surface area contributed by atoms with Gasteiger partial charge in [0.2, 0.25) is 0 Å². The highest BCUT2D eigenvalue weighted by molar-refractivity contribution is 7.17. The molecule has 1 fully saturated rings. The Morgan fingerprint density at radius 2 is 2.05 bits per heavy atom. The molecule has 1 aliphatic carbocycles. The third-order valence-electron chi connectivity index (χ3n) is 3.63. The molecule has 1 aromatic heterocycles. The summed E-state index contributed by atoms with van der Waals surface area (Å²) in [6.45, 7) is 0.906. The van der Waals surface area contributed by atoms with E-state index in [1.807, 2.05) is 18.2 Å². The zero-order chi connectivity index (χ0) is 13.5. The molecule has 1 amide bonds. The van der Waals surface area contributed by atoms with Crippen molar-refractivity contribution in [3.8, 4) is 10.4 Å². The van der Waals surface area contributed by atoms with Gasteiger partial charge in [-0.2, -0.15) is 0 Å². The summed E-state index contributed by atoms with van der Waals surface area (Å²) in [6, 6.07) is 10.3. The Morgan fingerprint density at radius 3 is 2.90 bits per heavy atom. The predicted octanol–water partition coefficient (Wildman–Crippen LogP) is 3.76. The number of amides is 1. The molecule has 0 atom stereocenters. The van der Waals surface area contributed by atoms with Crippen LogP contribution in [0, 0.1) is 0 Å². The quantitative estimate of drug-likeness (QED) is 0.865. The largest absolute Gasteiger partial charge is 0.384 e. The van der Waals surface area contributed by atoms with Crippen LogP contribution in [0.15, 0.2) is 35.3 Å². The molecule has 3 nitrogen and oxygen atoms in total. The first-order valence-corrected chi connectivity index (χ1v) is 7.69. The second-order valence-electron chi connectivity index (χ2n) is 5.17. The average Bonchev–Trinajstić information content (AvgIpc) is 3.20. The van der Waals surface area contributed by atoms with E-state index in [1.54, 1.807) is 11.3 Å². The van der Waals surface area contributed by atoms with Gasteiger partial charge in [0.1, 0.15) is 0 Å². The van der Waals surface area contributed by atoms with Crippen LogP contribution in [0.2, 0.25) is 0 Å². The van der Waals surface area contributed by atoms with Crippen molar-refractivity contribution in [2.75, 3.05) is 11.9 Å². The zero-order valence-electron chi connectivity index (χ0n) is 11.0. The van der Waals surface area contributed by atoms with Gasteiger partial charge in [0.25, 0.3) is 5.91 Å². The lowest BCUT2D eigenvalue weighted by Gasteiger charge is -2.06. The molecule has 20 heavy (non-hydrogen) atoms. The summed E-state index contributed by atoms with van der Waals surface area (Å²) >= 11 is 1.57. The van der Waals surface area contributed by atoms with Crippen LogP contribution < -0.4 is 5.32 Å². The average molecular weight is 282 g/mol. The van der Waals surface area contributed by atoms with Gasteiger partial charge >= 0.3 is 0 Å². The number of anilines is 1. The van der Waals surface area contributed by atoms with Crippen LogP contribution >= 0.6 is 11.3 Å². The molecule has 0 saturated heterocycles. The second-order valence-corrected chi connectivity index (χ2v) is 6.22. The molecule has 2 aromatic rings. The summed E-state index contributed by atoms with van der Waals surface area (Å²) in [6.07, 6.45) is 2.93. The fourth-order valence-corrected chi connectivity index (χ4v) is 3.62. The van der Waals surface area contributed by atoms with Crippen molar-refractivity contribution in [1.82, 2.24) is 0 Å². The van der Waals surface area contributed by atoms with Crippen LogP contribution in [0.3, 0.4) is 0 Å². The normalized spacial score (nSPS) is 15.7. The van der Waals surface area contributed by atoms with Gasteiger partial charge in [-0.1, -0.05) is 18.2 Å². The molecule has 0 bridgehead atoms. The Morgan fingerprint density at radius 1 is 1.20 bits per heavy atom. The third-order valence-corrected chi connectivity index (χ3v) is 4.83. The minimum Gasteiger partial charge on any atom is -0.384 e. The number of hydrogen-bond donors (Lipinski definition) is 1. The van der Waals surface area contributed by atoms with Crippen molar-refractivity contribution in [3.63, 3.8) is 0 Å². The highest BCUT2D eigenvalue weighted by Gasteiger charge is 2.21. The maximum Gasteiger partial charge on any atom is 0.286 e. The molecule has 4 rings (SSSR count). The molecule has 4 heteroatoms. The molecule has 1 aliphatic heterocycles. The van der Waals surface area contributed by atoms with E-state index in [4.69, 9.17) is 0 Å². The smallest absolute Gasteiger partial charge is 0.286 e. The van der Waals surface area contributed by atoms with Gasteiger partial charge in [-0.3, -0.25) is 4.79 Å². The monoisotopic (exact) mass is 282 g/mol. The first kappa shape index (κ1) is 11.9. The van der Waals surface area contributed by atoms with E-state index in [0.717, 1.165) is 42.1 Å². The molecule has 1 N–H and O–H groups in total. The van der Waals surface area contributed by atoms with Crippen molar-refractivity contribution in [3.05, 3.63) is 40.8 Å². The van der Waals surface area contributed by atoms with Gasteiger partial charge < -0.3 is 5.32 Å². The minimum atomic E-state index is -0.0685. The van der Waals surface area contributed by atoms with Gasteiger partial charge in [-0.05, 0) is 37.0 Å². The molecule has 0 spiro atoms. The molecule has 2 heterocycles. The highest BCUT2D eigenvalue weighted by atomic mass is 32.1. The van der Waals surface area contributed by atoms with Crippen LogP contribution in [-0.4, -0.2) is 18.2 Å². The van der Waals surface area contributed by atoms with Crippen molar-refractivity contribution < 1.29 is 4.79 Å². The molecule has 100 valence electrons. The topological polar surface area (TPSA) is 41.5 Å². The first-order valence-electron chi connectivity index (χ1n) is 6.88. The molecular weight excluding hydrogens is 268 g/mol. The first-order chi connectivity index (χ1) is 9.81. The van der Waals surface area contributed by atoms with E-state index < -0.39 is 0 Å². The van der Waals surface area contributed by atoms with Gasteiger partial charge in [-0.25, -0.2) is 4.99 Å². The Labute approximate surface area is 121 Å². The molecule has 2 aliphatic rings. The van der Waals surface area contributed by atoms with E-state index in [1.165, 1.54) is 16.0 Å². The summed E-state index contributed by atoms with van der Waals surface area (Å²) < 4.78 is 0. The number of fused-ring (bicyclic) bond motifs is 3. The standard InChI is InChI=1S/C16H14N2OS/c19-16(18-11-5-6-11)14-9-10-7-8-17-13-4-2-1-3-12(13)15(10)20-14/h1-4,9,17H,5-8H2. The fraction of sp³-hybridized carbons (Fsp3) is 0.250. The number of carbonyl (C=O) groups excluding carboxylic acids is 1. The van der Waals surface area contributed by atoms with Crippen molar-refractivity contribution in [1.29, 1.82) is 0 Å². The van der Waals surface area contributed by atoms with Gasteiger partial charge in [0.05, 0.1) is 4.88 Å². The van der Waals surface area contributed by atoms with E-state index in [2.05, 4.69) is 22.4 Å². The van der Waals surface area contributed by atoms with Gasteiger partial charge in [-0.15, -0.1) is 11.3 Å². The van der Waals surface area contributed by atoms with E-state index in [-0.39, 0.29) is 5.91 Å². The molecule has 1 saturated carbocycles. The Kier molecular flexibility index (Phi) is 2.70. The predicted molar refractivity (Wildman–Crippen MR) is 82.9 cm³/mol. The van der Waals surface area contributed by atoms with Crippen LogP contribution in [-0.2, 0) is 6.42 Å². The number of nitrogens with zero attached hydrogens (tertiary/aromatic N) is 1. The maximum absolute atomic E-state index is 12.1. The van der Waals surface area contributed by atoms with E-state index in [9.17, 15) is 4.79 Å². The lowest BCUT2D eigenvalue weighted by atomic mass is 10.1. The number of para-hydroxylation sites is 1. The Hall–Kier alpha value is -1.94.